The summed E-state index contributed by atoms with van der Waals surface area (Å²) in [5.41, 5.74) is 0.0141. The number of hydrogen-bond acceptors (Lipinski definition) is 3. The fourth-order valence-electron chi connectivity index (χ4n) is 1.51. The molecule has 0 bridgehead atoms. The highest BCUT2D eigenvalue weighted by molar-refractivity contribution is 5.86. The van der Waals surface area contributed by atoms with Crippen molar-refractivity contribution >= 4 is 11.7 Å². The number of furan rings is 1. The van der Waals surface area contributed by atoms with Crippen molar-refractivity contribution in [3.63, 3.8) is 0 Å². The van der Waals surface area contributed by atoms with Crippen molar-refractivity contribution in [3.05, 3.63) is 53.5 Å². The van der Waals surface area contributed by atoms with Crippen LogP contribution in [0.25, 0.3) is 0 Å². The standard InChI is InChI=1S/C12H9F2NO3/c13-8-2-1-3-9(14)10(8)15-6-7-4-5-18-11(7)12(16)17/h1-5,15H,6H2,(H,16,17). The van der Waals surface area contributed by atoms with Gasteiger partial charge in [0.25, 0.3) is 0 Å². The molecule has 0 unspecified atom stereocenters. The number of carboxylic acid groups (broad SMARTS) is 1. The van der Waals surface area contributed by atoms with Gasteiger partial charge in [-0.2, -0.15) is 0 Å². The van der Waals surface area contributed by atoms with Gasteiger partial charge in [-0.25, -0.2) is 13.6 Å². The van der Waals surface area contributed by atoms with E-state index in [-0.39, 0.29) is 18.0 Å². The number of halogens is 2. The maximum atomic E-state index is 13.3. The van der Waals surface area contributed by atoms with Gasteiger partial charge in [-0.05, 0) is 18.2 Å². The lowest BCUT2D eigenvalue weighted by atomic mass is 10.2. The predicted molar refractivity (Wildman–Crippen MR) is 59.4 cm³/mol. The van der Waals surface area contributed by atoms with Gasteiger partial charge in [-0.3, -0.25) is 0 Å². The van der Waals surface area contributed by atoms with E-state index in [9.17, 15) is 13.6 Å². The van der Waals surface area contributed by atoms with Crippen LogP contribution in [0.3, 0.4) is 0 Å². The summed E-state index contributed by atoms with van der Waals surface area (Å²) in [6.45, 7) is -0.0456. The fraction of sp³-hybridized carbons (Fsp3) is 0.0833. The molecule has 2 aromatic rings. The lowest BCUT2D eigenvalue weighted by molar-refractivity contribution is 0.0661. The average Bonchev–Trinajstić information content (AvgIpc) is 2.76. The minimum Gasteiger partial charge on any atom is -0.475 e. The number of para-hydroxylation sites is 1. The lowest BCUT2D eigenvalue weighted by Gasteiger charge is -2.07. The first kappa shape index (κ1) is 12.1. The first-order chi connectivity index (χ1) is 8.59. The van der Waals surface area contributed by atoms with Gasteiger partial charge in [0, 0.05) is 12.1 Å². The SMILES string of the molecule is O=C(O)c1occc1CNc1c(F)cccc1F. The lowest BCUT2D eigenvalue weighted by Crippen LogP contribution is -2.07. The zero-order valence-electron chi connectivity index (χ0n) is 9.11. The molecule has 0 aliphatic carbocycles. The van der Waals surface area contributed by atoms with Crippen LogP contribution < -0.4 is 5.32 Å². The van der Waals surface area contributed by atoms with E-state index in [0.717, 1.165) is 12.1 Å². The van der Waals surface area contributed by atoms with Crippen molar-refractivity contribution in [2.45, 2.75) is 6.54 Å². The van der Waals surface area contributed by atoms with Crippen molar-refractivity contribution in [1.82, 2.24) is 0 Å². The normalized spacial score (nSPS) is 10.3. The van der Waals surface area contributed by atoms with Crippen molar-refractivity contribution in [1.29, 1.82) is 0 Å². The first-order valence-electron chi connectivity index (χ1n) is 5.07. The number of nitrogens with one attached hydrogen (secondary N) is 1. The Hall–Kier alpha value is -2.37. The highest BCUT2D eigenvalue weighted by Gasteiger charge is 2.15. The Morgan fingerprint density at radius 1 is 1.28 bits per heavy atom. The molecule has 0 aliphatic rings. The van der Waals surface area contributed by atoms with Crippen molar-refractivity contribution in [2.75, 3.05) is 5.32 Å². The van der Waals surface area contributed by atoms with E-state index in [1.165, 1.54) is 18.4 Å². The van der Waals surface area contributed by atoms with Crippen LogP contribution >= 0.6 is 0 Å². The monoisotopic (exact) mass is 253 g/mol. The summed E-state index contributed by atoms with van der Waals surface area (Å²) in [5, 5.41) is 11.3. The number of carboxylic acids is 1. The van der Waals surface area contributed by atoms with E-state index < -0.39 is 17.6 Å². The topological polar surface area (TPSA) is 62.5 Å². The second-order valence-corrected chi connectivity index (χ2v) is 3.53. The Balaban J connectivity index is 2.17. The summed E-state index contributed by atoms with van der Waals surface area (Å²) in [5.74, 6) is -2.96. The number of carbonyl (C=O) groups is 1. The number of rotatable bonds is 4. The second kappa shape index (κ2) is 4.87. The molecule has 0 fully saturated rings. The molecular formula is C12H9F2NO3. The Morgan fingerprint density at radius 3 is 2.56 bits per heavy atom. The molecule has 1 heterocycles. The number of benzene rings is 1. The van der Waals surface area contributed by atoms with Gasteiger partial charge >= 0.3 is 5.97 Å². The third kappa shape index (κ3) is 2.32. The summed E-state index contributed by atoms with van der Waals surface area (Å²) < 4.78 is 31.3. The van der Waals surface area contributed by atoms with Crippen molar-refractivity contribution < 1.29 is 23.1 Å². The molecule has 2 N–H and O–H groups in total. The van der Waals surface area contributed by atoms with Crippen LogP contribution in [0.15, 0.2) is 34.9 Å². The third-order valence-electron chi connectivity index (χ3n) is 2.36. The zero-order valence-corrected chi connectivity index (χ0v) is 9.11. The Labute approximate surface area is 101 Å². The number of anilines is 1. The molecule has 1 aromatic heterocycles. The molecule has 0 aliphatic heterocycles. The van der Waals surface area contributed by atoms with E-state index in [1.54, 1.807) is 0 Å². The Bertz CT molecular complexity index is 560. The van der Waals surface area contributed by atoms with Gasteiger partial charge in [0.05, 0.1) is 6.26 Å². The average molecular weight is 253 g/mol. The van der Waals surface area contributed by atoms with Gasteiger partial charge in [-0.1, -0.05) is 6.07 Å². The minimum atomic E-state index is -1.23. The third-order valence-corrected chi connectivity index (χ3v) is 2.36. The van der Waals surface area contributed by atoms with Crippen LogP contribution in [0, 0.1) is 11.6 Å². The van der Waals surface area contributed by atoms with Crippen LogP contribution in [0.1, 0.15) is 16.1 Å². The molecule has 0 amide bonds. The number of hydrogen-bond donors (Lipinski definition) is 2. The van der Waals surface area contributed by atoms with Crippen LogP contribution in [-0.2, 0) is 6.54 Å². The molecule has 1 aromatic carbocycles. The molecule has 4 nitrogen and oxygen atoms in total. The second-order valence-electron chi connectivity index (χ2n) is 3.53. The Morgan fingerprint density at radius 2 is 1.94 bits per heavy atom. The van der Waals surface area contributed by atoms with Crippen molar-refractivity contribution in [2.24, 2.45) is 0 Å². The zero-order chi connectivity index (χ0) is 13.1. The largest absolute Gasteiger partial charge is 0.475 e. The van der Waals surface area contributed by atoms with E-state index in [2.05, 4.69) is 5.32 Å². The molecule has 6 heteroatoms. The van der Waals surface area contributed by atoms with E-state index in [0.29, 0.717) is 5.56 Å². The molecule has 0 saturated heterocycles. The van der Waals surface area contributed by atoms with E-state index >= 15 is 0 Å². The van der Waals surface area contributed by atoms with Crippen LogP contribution in [-0.4, -0.2) is 11.1 Å². The smallest absolute Gasteiger partial charge is 0.372 e. The van der Waals surface area contributed by atoms with E-state index in [1.807, 2.05) is 0 Å². The van der Waals surface area contributed by atoms with Crippen LogP contribution in [0.4, 0.5) is 14.5 Å². The molecule has 2 rings (SSSR count). The summed E-state index contributed by atoms with van der Waals surface area (Å²) >= 11 is 0. The van der Waals surface area contributed by atoms with Gasteiger partial charge in [0.2, 0.25) is 5.76 Å². The molecule has 94 valence electrons. The van der Waals surface area contributed by atoms with Crippen molar-refractivity contribution in [3.8, 4) is 0 Å². The molecule has 0 saturated carbocycles. The molecular weight excluding hydrogens is 244 g/mol. The maximum absolute atomic E-state index is 13.3. The molecule has 18 heavy (non-hydrogen) atoms. The van der Waals surface area contributed by atoms with Gasteiger partial charge in [-0.15, -0.1) is 0 Å². The summed E-state index contributed by atoms with van der Waals surface area (Å²) in [6.07, 6.45) is 1.21. The summed E-state index contributed by atoms with van der Waals surface area (Å²) in [4.78, 5) is 10.8. The first-order valence-corrected chi connectivity index (χ1v) is 5.07. The highest BCUT2D eigenvalue weighted by Crippen LogP contribution is 2.20. The van der Waals surface area contributed by atoms with Crippen LogP contribution in [0.2, 0.25) is 0 Å². The molecule has 0 spiro atoms. The number of aromatic carboxylic acids is 1. The minimum absolute atomic E-state index is 0.0456. The molecule has 0 radical (unpaired) electrons. The fourth-order valence-corrected chi connectivity index (χ4v) is 1.51. The summed E-state index contributed by atoms with van der Waals surface area (Å²) in [6, 6.07) is 4.89. The highest BCUT2D eigenvalue weighted by atomic mass is 19.1. The van der Waals surface area contributed by atoms with Gasteiger partial charge in [0.15, 0.2) is 0 Å². The van der Waals surface area contributed by atoms with Gasteiger partial charge in [0.1, 0.15) is 17.3 Å². The summed E-state index contributed by atoms with van der Waals surface area (Å²) in [7, 11) is 0. The van der Waals surface area contributed by atoms with Gasteiger partial charge < -0.3 is 14.8 Å². The quantitative estimate of drug-likeness (QED) is 0.879. The predicted octanol–water partition coefficient (Wildman–Crippen LogP) is 2.87. The maximum Gasteiger partial charge on any atom is 0.372 e. The molecule has 0 atom stereocenters. The Kier molecular flexibility index (Phi) is 3.27. The van der Waals surface area contributed by atoms with Crippen LogP contribution in [0.5, 0.6) is 0 Å². The van der Waals surface area contributed by atoms with E-state index in [4.69, 9.17) is 9.52 Å².